The molecule has 1 N–H and O–H groups in total. The largest absolute Gasteiger partial charge is 0.383 e. The van der Waals surface area contributed by atoms with Crippen molar-refractivity contribution < 1.29 is 0 Å². The first-order valence-corrected chi connectivity index (χ1v) is 5.15. The van der Waals surface area contributed by atoms with Crippen LogP contribution in [0, 0.1) is 0 Å². The monoisotopic (exact) mass is 265 g/mol. The van der Waals surface area contributed by atoms with Crippen LogP contribution in [0.5, 0.6) is 0 Å². The quantitative estimate of drug-likeness (QED) is 0.706. The summed E-state index contributed by atoms with van der Waals surface area (Å²) in [6.07, 6.45) is 1.02. The van der Waals surface area contributed by atoms with Gasteiger partial charge >= 0.3 is 0 Å². The number of hydrogen-bond donors (Lipinski definition) is 1. The smallest absolute Gasteiger partial charge is 0.0837 e. The van der Waals surface area contributed by atoms with E-state index in [-0.39, 0.29) is 0 Å². The summed E-state index contributed by atoms with van der Waals surface area (Å²) in [5, 5.41) is 4.41. The van der Waals surface area contributed by atoms with Gasteiger partial charge < -0.3 is 5.32 Å². The minimum atomic E-state index is 0.588. The van der Waals surface area contributed by atoms with Crippen molar-refractivity contribution in [3.05, 3.63) is 26.1 Å². The van der Waals surface area contributed by atoms with Crippen LogP contribution in [0.4, 0.5) is 5.69 Å². The first-order chi connectivity index (χ1) is 5.70. The number of hydrogen-bond acceptors (Lipinski definition) is 1. The fourth-order valence-corrected chi connectivity index (χ4v) is 2.38. The van der Waals surface area contributed by atoms with E-state index in [0.29, 0.717) is 10.0 Å². The highest BCUT2D eigenvalue weighted by atomic mass is 79.9. The molecule has 64 valence electrons. The van der Waals surface area contributed by atoms with Crippen LogP contribution in [0.2, 0.25) is 10.0 Å². The van der Waals surface area contributed by atoms with Crippen molar-refractivity contribution in [1.82, 2.24) is 0 Å². The standard InChI is InChI=1S/C8H6BrCl2N/c9-5-3-4-1-2-12-8(4)7(11)6(5)10/h3,12H,1-2H2. The second-order valence-electron chi connectivity index (χ2n) is 2.70. The van der Waals surface area contributed by atoms with E-state index in [0.717, 1.165) is 23.1 Å². The van der Waals surface area contributed by atoms with Gasteiger partial charge in [0.15, 0.2) is 0 Å². The van der Waals surface area contributed by atoms with Gasteiger partial charge in [0.25, 0.3) is 0 Å². The Morgan fingerprint density at radius 1 is 1.33 bits per heavy atom. The van der Waals surface area contributed by atoms with E-state index in [1.54, 1.807) is 0 Å². The summed E-state index contributed by atoms with van der Waals surface area (Å²) >= 11 is 15.3. The molecular formula is C8H6BrCl2N. The predicted molar refractivity (Wildman–Crippen MR) is 56.4 cm³/mol. The molecule has 0 spiro atoms. The average Bonchev–Trinajstić information content (AvgIpc) is 2.48. The van der Waals surface area contributed by atoms with E-state index in [1.807, 2.05) is 6.07 Å². The molecule has 1 heterocycles. The summed E-state index contributed by atoms with van der Waals surface area (Å²) in [4.78, 5) is 0. The van der Waals surface area contributed by atoms with Gasteiger partial charge in [0, 0.05) is 11.0 Å². The Bertz CT molecular complexity index is 338. The molecular weight excluding hydrogens is 261 g/mol. The summed E-state index contributed by atoms with van der Waals surface area (Å²) < 4.78 is 0.872. The summed E-state index contributed by atoms with van der Waals surface area (Å²) in [5.41, 5.74) is 2.22. The molecule has 12 heavy (non-hydrogen) atoms. The molecule has 0 saturated carbocycles. The fourth-order valence-electron chi connectivity index (χ4n) is 1.35. The van der Waals surface area contributed by atoms with Gasteiger partial charge in [0.1, 0.15) is 0 Å². The number of fused-ring (bicyclic) bond motifs is 1. The maximum Gasteiger partial charge on any atom is 0.0837 e. The van der Waals surface area contributed by atoms with Crippen LogP contribution in [0.3, 0.4) is 0 Å². The Morgan fingerprint density at radius 2 is 2.08 bits per heavy atom. The minimum Gasteiger partial charge on any atom is -0.383 e. The molecule has 0 amide bonds. The van der Waals surface area contributed by atoms with Crippen molar-refractivity contribution in [2.45, 2.75) is 6.42 Å². The molecule has 1 nitrogen and oxygen atoms in total. The molecule has 0 bridgehead atoms. The van der Waals surface area contributed by atoms with Crippen LogP contribution in [0.1, 0.15) is 5.56 Å². The summed E-state index contributed by atoms with van der Waals surface area (Å²) in [7, 11) is 0. The highest BCUT2D eigenvalue weighted by Gasteiger charge is 2.17. The molecule has 0 atom stereocenters. The van der Waals surface area contributed by atoms with Crippen molar-refractivity contribution >= 4 is 44.8 Å². The van der Waals surface area contributed by atoms with Gasteiger partial charge in [-0.1, -0.05) is 23.2 Å². The molecule has 0 saturated heterocycles. The second kappa shape index (κ2) is 3.09. The van der Waals surface area contributed by atoms with Crippen molar-refractivity contribution in [2.24, 2.45) is 0 Å². The van der Waals surface area contributed by atoms with E-state index in [2.05, 4.69) is 21.2 Å². The van der Waals surface area contributed by atoms with Gasteiger partial charge in [-0.25, -0.2) is 0 Å². The van der Waals surface area contributed by atoms with Crippen molar-refractivity contribution in [3.8, 4) is 0 Å². The van der Waals surface area contributed by atoms with Crippen molar-refractivity contribution in [2.75, 3.05) is 11.9 Å². The summed E-state index contributed by atoms with van der Waals surface area (Å²) in [6, 6.07) is 2.02. The first-order valence-electron chi connectivity index (χ1n) is 3.60. The zero-order chi connectivity index (χ0) is 8.72. The predicted octanol–water partition coefficient (Wildman–Crippen LogP) is 3.72. The van der Waals surface area contributed by atoms with E-state index < -0.39 is 0 Å². The Kier molecular flexibility index (Phi) is 2.23. The van der Waals surface area contributed by atoms with Crippen LogP contribution in [0.15, 0.2) is 10.5 Å². The molecule has 1 aromatic carbocycles. The molecule has 2 rings (SSSR count). The highest BCUT2D eigenvalue weighted by molar-refractivity contribution is 9.10. The molecule has 1 aromatic rings. The number of benzene rings is 1. The molecule has 1 aliphatic heterocycles. The maximum atomic E-state index is 6.02. The van der Waals surface area contributed by atoms with Gasteiger partial charge in [-0.15, -0.1) is 0 Å². The third-order valence-corrected chi connectivity index (χ3v) is 3.66. The fraction of sp³-hybridized carbons (Fsp3) is 0.250. The molecule has 0 radical (unpaired) electrons. The summed E-state index contributed by atoms with van der Waals surface area (Å²) in [5.74, 6) is 0. The lowest BCUT2D eigenvalue weighted by Crippen LogP contribution is -1.91. The van der Waals surface area contributed by atoms with Gasteiger partial charge in [-0.3, -0.25) is 0 Å². The Morgan fingerprint density at radius 3 is 2.83 bits per heavy atom. The van der Waals surface area contributed by atoms with E-state index >= 15 is 0 Å². The van der Waals surface area contributed by atoms with Crippen LogP contribution < -0.4 is 5.32 Å². The third kappa shape index (κ3) is 1.22. The van der Waals surface area contributed by atoms with Crippen LogP contribution in [0.25, 0.3) is 0 Å². The third-order valence-electron chi connectivity index (χ3n) is 1.94. The second-order valence-corrected chi connectivity index (χ2v) is 4.31. The zero-order valence-corrected chi connectivity index (χ0v) is 9.22. The molecule has 0 fully saturated rings. The first kappa shape index (κ1) is 8.67. The minimum absolute atomic E-state index is 0.588. The van der Waals surface area contributed by atoms with E-state index in [9.17, 15) is 0 Å². The number of anilines is 1. The van der Waals surface area contributed by atoms with Crippen LogP contribution in [-0.2, 0) is 6.42 Å². The van der Waals surface area contributed by atoms with Crippen LogP contribution >= 0.6 is 39.1 Å². The topological polar surface area (TPSA) is 12.0 Å². The van der Waals surface area contributed by atoms with Gasteiger partial charge in [-0.2, -0.15) is 0 Å². The van der Waals surface area contributed by atoms with Crippen molar-refractivity contribution in [1.29, 1.82) is 0 Å². The number of nitrogens with one attached hydrogen (secondary N) is 1. The maximum absolute atomic E-state index is 6.02. The Labute approximate surface area is 89.2 Å². The van der Waals surface area contributed by atoms with Crippen LogP contribution in [-0.4, -0.2) is 6.54 Å². The zero-order valence-electron chi connectivity index (χ0n) is 6.13. The number of halogens is 3. The van der Waals surface area contributed by atoms with Crippen molar-refractivity contribution in [3.63, 3.8) is 0 Å². The summed E-state index contributed by atoms with van der Waals surface area (Å²) in [6.45, 7) is 0.946. The Balaban J connectivity index is 2.67. The molecule has 0 unspecified atom stereocenters. The number of rotatable bonds is 0. The van der Waals surface area contributed by atoms with E-state index in [1.165, 1.54) is 5.56 Å². The van der Waals surface area contributed by atoms with Gasteiger partial charge in [-0.05, 0) is 34.0 Å². The Hall–Kier alpha value is 0.0800. The van der Waals surface area contributed by atoms with Gasteiger partial charge in [0.2, 0.25) is 0 Å². The molecule has 0 aromatic heterocycles. The lowest BCUT2D eigenvalue weighted by Gasteiger charge is -2.06. The molecule has 4 heteroatoms. The van der Waals surface area contributed by atoms with E-state index in [4.69, 9.17) is 23.2 Å². The lowest BCUT2D eigenvalue weighted by atomic mass is 10.2. The lowest BCUT2D eigenvalue weighted by molar-refractivity contribution is 1.10. The SMILES string of the molecule is Clc1c(Br)cc2c(c1Cl)NCC2. The highest BCUT2D eigenvalue weighted by Crippen LogP contribution is 2.40. The normalized spacial score (nSPS) is 14.2. The van der Waals surface area contributed by atoms with Gasteiger partial charge in [0.05, 0.1) is 15.7 Å². The molecule has 1 aliphatic rings. The average molecular weight is 267 g/mol. The molecule has 0 aliphatic carbocycles.